The summed E-state index contributed by atoms with van der Waals surface area (Å²) < 4.78 is 10.7. The van der Waals surface area contributed by atoms with E-state index in [4.69, 9.17) is 32.7 Å². The van der Waals surface area contributed by atoms with Crippen molar-refractivity contribution in [3.8, 4) is 11.5 Å². The molecule has 0 radical (unpaired) electrons. The molecule has 2 heterocycles. The Labute approximate surface area is 167 Å². The first-order valence-electron chi connectivity index (χ1n) is 7.39. The summed E-state index contributed by atoms with van der Waals surface area (Å²) >= 11 is 14.6. The van der Waals surface area contributed by atoms with Crippen molar-refractivity contribution < 1.29 is 19.1 Å². The van der Waals surface area contributed by atoms with Crippen LogP contribution in [0.15, 0.2) is 43.9 Å². The molecular formula is C18H10Cl2O4S2. The lowest BCUT2D eigenvalue weighted by Gasteiger charge is -2.05. The first-order valence-corrected chi connectivity index (χ1v) is 9.78. The number of carbonyl (C=O) groups is 2. The van der Waals surface area contributed by atoms with E-state index < -0.39 is 0 Å². The Balaban J connectivity index is 1.85. The normalized spacial score (nSPS) is 18.2. The molecule has 0 saturated carbocycles. The van der Waals surface area contributed by atoms with Crippen LogP contribution in [0, 0.1) is 0 Å². The number of hydrogen-bond donors (Lipinski definition) is 0. The van der Waals surface area contributed by atoms with Gasteiger partial charge in [-0.15, -0.1) is 0 Å². The van der Waals surface area contributed by atoms with Crippen molar-refractivity contribution in [3.63, 3.8) is 0 Å². The Morgan fingerprint density at radius 2 is 1.12 bits per heavy atom. The number of rotatable bonds is 2. The number of hydrogen-bond acceptors (Lipinski definition) is 6. The molecule has 0 atom stereocenters. The second-order valence-corrected chi connectivity index (χ2v) is 8.40. The van der Waals surface area contributed by atoms with Crippen molar-refractivity contribution in [2.24, 2.45) is 0 Å². The summed E-state index contributed by atoms with van der Waals surface area (Å²) in [6.45, 7) is 0. The van der Waals surface area contributed by atoms with E-state index in [0.29, 0.717) is 52.3 Å². The number of carbonyl (C=O) groups excluding carboxylic acids is 2. The summed E-state index contributed by atoms with van der Waals surface area (Å²) in [5.41, 5.74) is 0.882. The van der Waals surface area contributed by atoms with Crippen LogP contribution in [0.1, 0.15) is 20.7 Å². The number of ketones is 2. The number of methoxy groups -OCH3 is 2. The van der Waals surface area contributed by atoms with Gasteiger partial charge in [-0.3, -0.25) is 9.59 Å². The van der Waals surface area contributed by atoms with Gasteiger partial charge in [0.2, 0.25) is 11.6 Å². The van der Waals surface area contributed by atoms with Gasteiger partial charge in [0.25, 0.3) is 0 Å². The highest BCUT2D eigenvalue weighted by Crippen LogP contribution is 2.54. The molecule has 0 spiro atoms. The van der Waals surface area contributed by atoms with Crippen LogP contribution in [-0.2, 0) is 0 Å². The molecule has 4 nitrogen and oxygen atoms in total. The van der Waals surface area contributed by atoms with E-state index in [-0.39, 0.29) is 11.6 Å². The van der Waals surface area contributed by atoms with Crippen molar-refractivity contribution in [3.05, 3.63) is 55.2 Å². The third kappa shape index (κ3) is 2.63. The van der Waals surface area contributed by atoms with Crippen molar-refractivity contribution in [1.82, 2.24) is 0 Å². The molecular weight excluding hydrogens is 415 g/mol. The molecule has 0 amide bonds. The van der Waals surface area contributed by atoms with Crippen molar-refractivity contribution in [2.45, 2.75) is 9.79 Å². The van der Waals surface area contributed by atoms with E-state index in [1.54, 1.807) is 24.3 Å². The summed E-state index contributed by atoms with van der Waals surface area (Å²) in [4.78, 5) is 27.9. The van der Waals surface area contributed by atoms with Gasteiger partial charge >= 0.3 is 0 Å². The van der Waals surface area contributed by atoms with Gasteiger partial charge < -0.3 is 9.47 Å². The minimum absolute atomic E-state index is 0.237. The number of ether oxygens (including phenoxy) is 2. The molecule has 132 valence electrons. The van der Waals surface area contributed by atoms with Crippen LogP contribution >= 0.6 is 46.7 Å². The molecule has 2 aliphatic rings. The minimum atomic E-state index is -0.237. The fourth-order valence-corrected chi connectivity index (χ4v) is 5.69. The summed E-state index contributed by atoms with van der Waals surface area (Å²) in [6.07, 6.45) is 0. The fourth-order valence-electron chi connectivity index (χ4n) is 2.83. The van der Waals surface area contributed by atoms with E-state index in [2.05, 4.69) is 0 Å². The summed E-state index contributed by atoms with van der Waals surface area (Å²) in [5, 5.41) is 0.811. The predicted octanol–water partition coefficient (Wildman–Crippen LogP) is 5.50. The van der Waals surface area contributed by atoms with Crippen molar-refractivity contribution in [2.75, 3.05) is 14.2 Å². The van der Waals surface area contributed by atoms with Gasteiger partial charge in [0.15, 0.2) is 0 Å². The predicted molar refractivity (Wildman–Crippen MR) is 103 cm³/mol. The number of fused-ring (bicyclic) bond motifs is 2. The van der Waals surface area contributed by atoms with E-state index in [0.717, 1.165) is 0 Å². The lowest BCUT2D eigenvalue weighted by Crippen LogP contribution is -2.02. The molecule has 0 unspecified atom stereocenters. The molecule has 4 rings (SSSR count). The van der Waals surface area contributed by atoms with Crippen LogP contribution in [0.25, 0.3) is 0 Å². The standard InChI is InChI=1S/C18H10Cl2O4S2/c1-23-11-5-7(19)3-9-13(21)17(25-15(9)11)18-14(22)10-4-8(20)6-12(24-2)16(10)26-18/h3-6H,1-2H3/b18-17+. The van der Waals surface area contributed by atoms with Crippen LogP contribution in [0.3, 0.4) is 0 Å². The lowest BCUT2D eigenvalue weighted by molar-refractivity contribution is 0.101. The van der Waals surface area contributed by atoms with Crippen LogP contribution in [0.4, 0.5) is 0 Å². The molecule has 0 bridgehead atoms. The molecule has 2 aromatic rings. The second kappa shape index (κ2) is 6.53. The van der Waals surface area contributed by atoms with Crippen molar-refractivity contribution >= 4 is 58.3 Å². The zero-order valence-electron chi connectivity index (χ0n) is 13.5. The number of Topliss-reactive ketones (excluding diaryl/α,β-unsaturated/α-hetero) is 2. The average Bonchev–Trinajstić information content (AvgIpc) is 3.12. The highest BCUT2D eigenvalue weighted by Gasteiger charge is 2.39. The number of halogens is 2. The molecule has 0 saturated heterocycles. The maximum Gasteiger partial charge on any atom is 0.202 e. The van der Waals surface area contributed by atoms with Crippen LogP contribution in [-0.4, -0.2) is 25.8 Å². The Bertz CT molecular complexity index is 949. The van der Waals surface area contributed by atoms with E-state index in [9.17, 15) is 9.59 Å². The summed E-state index contributed by atoms with van der Waals surface area (Å²) in [5.74, 6) is 0.545. The zero-order valence-corrected chi connectivity index (χ0v) is 16.7. The third-order valence-electron chi connectivity index (χ3n) is 4.00. The van der Waals surface area contributed by atoms with Gasteiger partial charge in [-0.25, -0.2) is 0 Å². The maximum atomic E-state index is 12.9. The average molecular weight is 425 g/mol. The topological polar surface area (TPSA) is 52.6 Å². The summed E-state index contributed by atoms with van der Waals surface area (Å²) in [6, 6.07) is 6.48. The Hall–Kier alpha value is -1.60. The van der Waals surface area contributed by atoms with Gasteiger partial charge in [-0.05, 0) is 24.3 Å². The quantitative estimate of drug-likeness (QED) is 0.593. The highest BCUT2D eigenvalue weighted by molar-refractivity contribution is 8.08. The largest absolute Gasteiger partial charge is 0.495 e. The Kier molecular flexibility index (Phi) is 4.47. The van der Waals surface area contributed by atoms with Gasteiger partial charge in [0.1, 0.15) is 11.5 Å². The Morgan fingerprint density at radius 3 is 1.46 bits per heavy atom. The Morgan fingerprint density at radius 1 is 0.731 bits per heavy atom. The molecule has 8 heteroatoms. The SMILES string of the molecule is COc1cc(Cl)cc2c1S/C(=C1/Sc3c(OC)cc(Cl)cc3C1=O)C2=O. The van der Waals surface area contributed by atoms with E-state index in [1.807, 2.05) is 0 Å². The monoisotopic (exact) mass is 424 g/mol. The minimum Gasteiger partial charge on any atom is -0.495 e. The first kappa shape index (κ1) is 17.8. The number of allylic oxidation sites excluding steroid dienone is 2. The molecule has 2 aliphatic heterocycles. The smallest absolute Gasteiger partial charge is 0.202 e. The molecule has 26 heavy (non-hydrogen) atoms. The molecule has 0 aliphatic carbocycles. The van der Waals surface area contributed by atoms with E-state index in [1.165, 1.54) is 37.7 Å². The van der Waals surface area contributed by atoms with Crippen LogP contribution in [0.5, 0.6) is 11.5 Å². The maximum absolute atomic E-state index is 12.9. The van der Waals surface area contributed by atoms with Gasteiger partial charge in [-0.1, -0.05) is 46.7 Å². The van der Waals surface area contributed by atoms with Crippen LogP contribution in [0.2, 0.25) is 10.0 Å². The number of thioether (sulfide) groups is 2. The van der Waals surface area contributed by atoms with Gasteiger partial charge in [0.05, 0.1) is 33.8 Å². The summed E-state index contributed by atoms with van der Waals surface area (Å²) in [7, 11) is 3.03. The van der Waals surface area contributed by atoms with E-state index >= 15 is 0 Å². The zero-order chi connectivity index (χ0) is 18.6. The van der Waals surface area contributed by atoms with Crippen LogP contribution < -0.4 is 9.47 Å². The molecule has 2 aromatic carbocycles. The van der Waals surface area contributed by atoms with Gasteiger partial charge in [-0.2, -0.15) is 0 Å². The third-order valence-corrected chi connectivity index (χ3v) is 7.00. The molecule has 0 fully saturated rings. The lowest BCUT2D eigenvalue weighted by atomic mass is 10.1. The van der Waals surface area contributed by atoms with Crippen molar-refractivity contribution in [1.29, 1.82) is 0 Å². The molecule has 0 N–H and O–H groups in total. The fraction of sp³-hybridized carbons (Fsp3) is 0.111. The van der Waals surface area contributed by atoms with Gasteiger partial charge in [0, 0.05) is 21.2 Å². The second-order valence-electron chi connectivity index (χ2n) is 5.49. The first-order chi connectivity index (χ1) is 12.4. The number of benzene rings is 2. The highest BCUT2D eigenvalue weighted by atomic mass is 35.5. The molecule has 0 aromatic heterocycles.